The van der Waals surface area contributed by atoms with E-state index >= 15 is 0 Å². The monoisotopic (exact) mass is 154 g/mol. The first kappa shape index (κ1) is 7.32. The molecule has 2 aliphatic heterocycles. The van der Waals surface area contributed by atoms with Crippen LogP contribution in [0.2, 0.25) is 0 Å². The summed E-state index contributed by atoms with van der Waals surface area (Å²) < 4.78 is 6.63. The van der Waals surface area contributed by atoms with Crippen molar-refractivity contribution in [3.05, 3.63) is 12.2 Å². The van der Waals surface area contributed by atoms with E-state index in [9.17, 15) is 0 Å². The summed E-state index contributed by atoms with van der Waals surface area (Å²) in [6, 6.07) is 1.29. The fourth-order valence-corrected chi connectivity index (χ4v) is 1.99. The SMILES string of the molecule is C[N+]1(C)C2C=CCC1COC2. The van der Waals surface area contributed by atoms with Crippen molar-refractivity contribution in [2.45, 2.75) is 18.5 Å². The summed E-state index contributed by atoms with van der Waals surface area (Å²) in [4.78, 5) is 0. The third kappa shape index (κ3) is 1.01. The number of likely N-dealkylation sites (N-methyl/N-ethyl adjacent to an activating group) is 1. The van der Waals surface area contributed by atoms with Crippen LogP contribution in [0.25, 0.3) is 0 Å². The van der Waals surface area contributed by atoms with E-state index in [2.05, 4.69) is 26.2 Å². The van der Waals surface area contributed by atoms with Gasteiger partial charge in [-0.15, -0.1) is 0 Å². The Morgan fingerprint density at radius 3 is 2.82 bits per heavy atom. The molecule has 0 aliphatic carbocycles. The number of hydrogen-bond acceptors (Lipinski definition) is 1. The van der Waals surface area contributed by atoms with E-state index in [0.29, 0.717) is 12.1 Å². The Kier molecular flexibility index (Phi) is 1.55. The Morgan fingerprint density at radius 2 is 2.18 bits per heavy atom. The average molecular weight is 154 g/mol. The van der Waals surface area contributed by atoms with Crippen LogP contribution >= 0.6 is 0 Å². The summed E-state index contributed by atoms with van der Waals surface area (Å²) in [5.41, 5.74) is 0. The predicted molar refractivity (Wildman–Crippen MR) is 44.3 cm³/mol. The Bertz CT molecular complexity index is 186. The standard InChI is InChI=1S/C9H16NO/c1-10(2)8-4-3-5-9(10)7-11-6-8/h3-4,8-9H,5-7H2,1-2H3/q+1. The van der Waals surface area contributed by atoms with Gasteiger partial charge in [0.2, 0.25) is 0 Å². The molecule has 2 heteroatoms. The summed E-state index contributed by atoms with van der Waals surface area (Å²) >= 11 is 0. The molecule has 0 aromatic heterocycles. The highest BCUT2D eigenvalue weighted by atomic mass is 16.5. The molecule has 11 heavy (non-hydrogen) atoms. The molecule has 0 aromatic carbocycles. The number of rotatable bonds is 0. The molecule has 1 saturated heterocycles. The van der Waals surface area contributed by atoms with E-state index in [1.807, 2.05) is 0 Å². The number of ether oxygens (including phenoxy) is 1. The molecule has 2 nitrogen and oxygen atoms in total. The maximum atomic E-state index is 5.51. The lowest BCUT2D eigenvalue weighted by molar-refractivity contribution is -0.942. The molecule has 0 N–H and O–H groups in total. The van der Waals surface area contributed by atoms with Gasteiger partial charge in [0.25, 0.3) is 0 Å². The van der Waals surface area contributed by atoms with Crippen molar-refractivity contribution in [3.63, 3.8) is 0 Å². The normalized spacial score (nSPS) is 40.5. The molecule has 2 aliphatic rings. The molecule has 62 valence electrons. The lowest BCUT2D eigenvalue weighted by Gasteiger charge is -2.48. The van der Waals surface area contributed by atoms with E-state index in [0.717, 1.165) is 17.7 Å². The van der Waals surface area contributed by atoms with E-state index in [1.54, 1.807) is 0 Å². The van der Waals surface area contributed by atoms with Gasteiger partial charge < -0.3 is 9.22 Å². The molecule has 0 aromatic rings. The zero-order valence-electron chi connectivity index (χ0n) is 7.29. The highest BCUT2D eigenvalue weighted by Crippen LogP contribution is 2.26. The van der Waals surface area contributed by atoms with Gasteiger partial charge in [-0.05, 0) is 6.08 Å². The number of fused-ring (bicyclic) bond motifs is 2. The molecule has 2 atom stereocenters. The van der Waals surface area contributed by atoms with Crippen molar-refractivity contribution in [3.8, 4) is 0 Å². The van der Waals surface area contributed by atoms with Crippen LogP contribution in [-0.4, -0.2) is 43.9 Å². The number of nitrogens with zero attached hydrogens (tertiary/aromatic N) is 1. The zero-order valence-corrected chi connectivity index (χ0v) is 7.29. The molecule has 0 radical (unpaired) electrons. The third-order valence-electron chi connectivity index (χ3n) is 3.16. The second-order valence-corrected chi connectivity index (χ2v) is 4.05. The van der Waals surface area contributed by atoms with Crippen LogP contribution in [0.5, 0.6) is 0 Å². The molecule has 2 rings (SSSR count). The minimum absolute atomic E-state index is 0.600. The van der Waals surface area contributed by atoms with Gasteiger partial charge in [-0.3, -0.25) is 0 Å². The first-order valence-electron chi connectivity index (χ1n) is 4.29. The van der Waals surface area contributed by atoms with Crippen LogP contribution < -0.4 is 0 Å². The van der Waals surface area contributed by atoms with Crippen molar-refractivity contribution < 1.29 is 9.22 Å². The van der Waals surface area contributed by atoms with E-state index in [-0.39, 0.29) is 0 Å². The molecule has 0 amide bonds. The second-order valence-electron chi connectivity index (χ2n) is 4.05. The maximum absolute atomic E-state index is 5.51. The quantitative estimate of drug-likeness (QED) is 0.370. The van der Waals surface area contributed by atoms with Gasteiger partial charge in [-0.1, -0.05) is 6.08 Å². The topological polar surface area (TPSA) is 9.23 Å². The van der Waals surface area contributed by atoms with E-state index in [4.69, 9.17) is 4.74 Å². The van der Waals surface area contributed by atoms with Gasteiger partial charge in [0.15, 0.2) is 0 Å². The van der Waals surface area contributed by atoms with E-state index in [1.165, 1.54) is 6.42 Å². The molecule has 2 unspecified atom stereocenters. The van der Waals surface area contributed by atoms with Crippen LogP contribution in [0.3, 0.4) is 0 Å². The first-order chi connectivity index (χ1) is 5.21. The number of hydrogen-bond donors (Lipinski definition) is 0. The lowest BCUT2D eigenvalue weighted by atomic mass is 9.99. The molecular weight excluding hydrogens is 138 g/mol. The highest BCUT2D eigenvalue weighted by molar-refractivity contribution is 4.98. The predicted octanol–water partition coefficient (Wildman–Crippen LogP) is 0.790. The molecule has 2 bridgehead atoms. The van der Waals surface area contributed by atoms with Crippen LogP contribution in [0.1, 0.15) is 6.42 Å². The highest BCUT2D eigenvalue weighted by Gasteiger charge is 2.40. The average Bonchev–Trinajstić information content (AvgIpc) is 1.82. The Balaban J connectivity index is 2.28. The summed E-state index contributed by atoms with van der Waals surface area (Å²) in [7, 11) is 4.61. The van der Waals surface area contributed by atoms with Gasteiger partial charge >= 0.3 is 0 Å². The van der Waals surface area contributed by atoms with Crippen molar-refractivity contribution in [1.82, 2.24) is 0 Å². The lowest BCUT2D eigenvalue weighted by Crippen LogP contribution is -2.63. The van der Waals surface area contributed by atoms with Gasteiger partial charge in [-0.25, -0.2) is 0 Å². The van der Waals surface area contributed by atoms with Crippen LogP contribution in [0.15, 0.2) is 12.2 Å². The van der Waals surface area contributed by atoms with E-state index < -0.39 is 0 Å². The Morgan fingerprint density at radius 1 is 1.36 bits per heavy atom. The first-order valence-corrected chi connectivity index (χ1v) is 4.29. The maximum Gasteiger partial charge on any atom is 0.131 e. The number of morpholine rings is 1. The Labute approximate surface area is 68.0 Å². The summed E-state index contributed by atoms with van der Waals surface area (Å²) in [5, 5.41) is 0. The second kappa shape index (κ2) is 2.32. The fourth-order valence-electron chi connectivity index (χ4n) is 1.99. The largest absolute Gasteiger partial charge is 0.369 e. The summed E-state index contributed by atoms with van der Waals surface area (Å²) in [6.45, 7) is 1.84. The molecule has 1 fully saturated rings. The minimum atomic E-state index is 0.600. The van der Waals surface area contributed by atoms with Crippen LogP contribution in [0, 0.1) is 0 Å². The fraction of sp³-hybridized carbons (Fsp3) is 0.778. The minimum Gasteiger partial charge on any atom is -0.369 e. The van der Waals surface area contributed by atoms with Crippen molar-refractivity contribution in [2.75, 3.05) is 27.3 Å². The molecule has 2 heterocycles. The van der Waals surface area contributed by atoms with Gasteiger partial charge in [0, 0.05) is 6.42 Å². The van der Waals surface area contributed by atoms with Gasteiger partial charge in [0.05, 0.1) is 20.7 Å². The van der Waals surface area contributed by atoms with Crippen molar-refractivity contribution in [2.24, 2.45) is 0 Å². The Hall–Kier alpha value is -0.340. The van der Waals surface area contributed by atoms with Crippen LogP contribution in [-0.2, 0) is 4.74 Å². The van der Waals surface area contributed by atoms with Gasteiger partial charge in [0.1, 0.15) is 18.7 Å². The summed E-state index contributed by atoms with van der Waals surface area (Å²) in [5.74, 6) is 0. The number of quaternary nitrogens is 1. The van der Waals surface area contributed by atoms with Crippen LogP contribution in [0.4, 0.5) is 0 Å². The van der Waals surface area contributed by atoms with Crippen molar-refractivity contribution >= 4 is 0 Å². The van der Waals surface area contributed by atoms with Gasteiger partial charge in [-0.2, -0.15) is 0 Å². The third-order valence-corrected chi connectivity index (χ3v) is 3.16. The van der Waals surface area contributed by atoms with Crippen molar-refractivity contribution in [1.29, 1.82) is 0 Å². The molecule has 0 saturated carbocycles. The zero-order chi connectivity index (χ0) is 7.90. The smallest absolute Gasteiger partial charge is 0.131 e. The molecule has 0 spiro atoms. The molecular formula is C9H16NO+. The summed E-state index contributed by atoms with van der Waals surface area (Å²) in [6.07, 6.45) is 5.79.